The smallest absolute Gasteiger partial charge is 0.255 e. The molecule has 8 heteroatoms. The van der Waals surface area contributed by atoms with Crippen LogP contribution in [-0.4, -0.2) is 39.6 Å². The summed E-state index contributed by atoms with van der Waals surface area (Å²) < 4.78 is 1.73. The third-order valence-corrected chi connectivity index (χ3v) is 5.82. The molecule has 0 atom stereocenters. The van der Waals surface area contributed by atoms with Gasteiger partial charge in [-0.25, -0.2) is 4.68 Å². The van der Waals surface area contributed by atoms with E-state index < -0.39 is 0 Å². The van der Waals surface area contributed by atoms with E-state index in [-0.39, 0.29) is 28.8 Å². The lowest BCUT2D eigenvalue weighted by molar-refractivity contribution is -0.116. The second kappa shape index (κ2) is 10.6. The number of rotatable bonds is 7. The summed E-state index contributed by atoms with van der Waals surface area (Å²) in [4.78, 5) is 27.7. The second-order valence-corrected chi connectivity index (χ2v) is 10.2. The van der Waals surface area contributed by atoms with Crippen molar-refractivity contribution in [3.05, 3.63) is 75.4 Å². The molecule has 0 aliphatic rings. The van der Waals surface area contributed by atoms with Gasteiger partial charge in [0.05, 0.1) is 22.0 Å². The Labute approximate surface area is 210 Å². The number of aryl methyl sites for hydroxylation is 1. The molecule has 1 heterocycles. The Bertz CT molecular complexity index is 1200. The van der Waals surface area contributed by atoms with E-state index in [2.05, 4.69) is 26.1 Å². The number of anilines is 1. The van der Waals surface area contributed by atoms with Crippen molar-refractivity contribution in [2.24, 2.45) is 0 Å². The highest BCUT2D eigenvalue weighted by molar-refractivity contribution is 6.36. The summed E-state index contributed by atoms with van der Waals surface area (Å²) >= 11 is 12.2. The number of carbonyl (C=O) groups is 2. The fourth-order valence-electron chi connectivity index (χ4n) is 3.50. The molecule has 0 aliphatic heterocycles. The lowest BCUT2D eigenvalue weighted by Gasteiger charge is -2.22. The molecule has 0 spiro atoms. The van der Waals surface area contributed by atoms with Gasteiger partial charge in [-0.2, -0.15) is 5.10 Å². The Hall–Kier alpha value is -2.83. The summed E-state index contributed by atoms with van der Waals surface area (Å²) in [5, 5.41) is 8.41. The molecular weight excluding hydrogens is 471 g/mol. The number of hydrogen-bond donors (Lipinski definition) is 1. The molecule has 0 unspecified atom stereocenters. The summed E-state index contributed by atoms with van der Waals surface area (Å²) in [5.74, 6) is -0.0867. The quantitative estimate of drug-likeness (QED) is 0.415. The number of nitrogens with one attached hydrogen (secondary N) is 1. The fraction of sp³-hybridized carbons (Fsp3) is 0.346. The zero-order valence-electron chi connectivity index (χ0n) is 20.2. The molecule has 0 saturated carbocycles. The number of carbonyl (C=O) groups excluding carboxylic acids is 2. The molecule has 0 fully saturated rings. The van der Waals surface area contributed by atoms with Crippen LogP contribution in [0.1, 0.15) is 55.7 Å². The maximum atomic E-state index is 13.1. The number of halogens is 2. The lowest BCUT2D eigenvalue weighted by atomic mass is 9.92. The molecule has 1 aromatic heterocycles. The van der Waals surface area contributed by atoms with Gasteiger partial charge in [0.2, 0.25) is 5.91 Å². The van der Waals surface area contributed by atoms with E-state index in [4.69, 9.17) is 28.3 Å². The van der Waals surface area contributed by atoms with Gasteiger partial charge in [-0.1, -0.05) is 63.0 Å². The van der Waals surface area contributed by atoms with Crippen LogP contribution in [-0.2, 0) is 10.2 Å². The summed E-state index contributed by atoms with van der Waals surface area (Å²) in [6.07, 6.45) is 0.694. The van der Waals surface area contributed by atoms with Crippen LogP contribution < -0.4 is 5.32 Å². The van der Waals surface area contributed by atoms with Crippen LogP contribution in [0, 0.1) is 6.92 Å². The van der Waals surface area contributed by atoms with Crippen LogP contribution >= 0.6 is 23.2 Å². The first kappa shape index (κ1) is 25.8. The molecule has 34 heavy (non-hydrogen) atoms. The normalized spacial score (nSPS) is 11.4. The molecule has 3 aromatic rings. The number of nitrogens with zero attached hydrogens (tertiary/aromatic N) is 3. The van der Waals surface area contributed by atoms with Gasteiger partial charge >= 0.3 is 0 Å². The molecule has 6 nitrogen and oxygen atoms in total. The second-order valence-electron chi connectivity index (χ2n) is 9.31. The molecule has 0 aliphatic carbocycles. The Morgan fingerprint density at radius 1 is 1.09 bits per heavy atom. The van der Waals surface area contributed by atoms with E-state index in [0.29, 0.717) is 29.4 Å². The predicted molar refractivity (Wildman–Crippen MR) is 138 cm³/mol. The van der Waals surface area contributed by atoms with Crippen LogP contribution in [0.25, 0.3) is 5.69 Å². The molecular formula is C26H30Cl2N4O2. The number of benzene rings is 2. The maximum absolute atomic E-state index is 13.1. The summed E-state index contributed by atoms with van der Waals surface area (Å²) in [5.41, 5.74) is 2.89. The van der Waals surface area contributed by atoms with Crippen molar-refractivity contribution in [3.8, 4) is 5.69 Å². The van der Waals surface area contributed by atoms with Crippen LogP contribution in [0.15, 0.2) is 48.5 Å². The topological polar surface area (TPSA) is 67.2 Å². The SMILES string of the molecule is CCCN(CC(=O)Nc1cc(C(C)(C)C)nn1-c1cccc(C)c1)C(=O)c1ccc(Cl)cc1Cl. The van der Waals surface area contributed by atoms with E-state index in [0.717, 1.165) is 16.9 Å². The molecule has 0 bridgehead atoms. The van der Waals surface area contributed by atoms with Crippen molar-refractivity contribution in [2.45, 2.75) is 46.5 Å². The van der Waals surface area contributed by atoms with Crippen molar-refractivity contribution in [1.82, 2.24) is 14.7 Å². The van der Waals surface area contributed by atoms with Crippen LogP contribution in [0.3, 0.4) is 0 Å². The lowest BCUT2D eigenvalue weighted by Crippen LogP contribution is -2.38. The highest BCUT2D eigenvalue weighted by Crippen LogP contribution is 2.27. The monoisotopic (exact) mass is 500 g/mol. The van der Waals surface area contributed by atoms with Crippen LogP contribution in [0.2, 0.25) is 10.0 Å². The Kier molecular flexibility index (Phi) is 8.05. The predicted octanol–water partition coefficient (Wildman–Crippen LogP) is 6.28. The summed E-state index contributed by atoms with van der Waals surface area (Å²) in [6.45, 7) is 10.5. The minimum absolute atomic E-state index is 0.116. The van der Waals surface area contributed by atoms with Gasteiger partial charge in [-0.15, -0.1) is 0 Å². The van der Waals surface area contributed by atoms with Crippen molar-refractivity contribution in [3.63, 3.8) is 0 Å². The van der Waals surface area contributed by atoms with Gasteiger partial charge < -0.3 is 10.2 Å². The Morgan fingerprint density at radius 3 is 2.44 bits per heavy atom. The van der Waals surface area contributed by atoms with E-state index >= 15 is 0 Å². The first-order chi connectivity index (χ1) is 16.0. The van der Waals surface area contributed by atoms with E-state index in [1.165, 1.54) is 11.0 Å². The maximum Gasteiger partial charge on any atom is 0.255 e. The van der Waals surface area contributed by atoms with Gasteiger partial charge in [0.25, 0.3) is 5.91 Å². The highest BCUT2D eigenvalue weighted by Gasteiger charge is 2.24. The van der Waals surface area contributed by atoms with Crippen molar-refractivity contribution >= 4 is 40.8 Å². The number of aromatic nitrogens is 2. The van der Waals surface area contributed by atoms with Gasteiger partial charge in [-0.05, 0) is 49.2 Å². The molecule has 3 rings (SSSR count). The van der Waals surface area contributed by atoms with E-state index in [9.17, 15) is 9.59 Å². The van der Waals surface area contributed by atoms with Crippen molar-refractivity contribution in [1.29, 1.82) is 0 Å². The third kappa shape index (κ3) is 6.19. The average Bonchev–Trinajstić information content (AvgIpc) is 3.17. The third-order valence-electron chi connectivity index (χ3n) is 5.27. The number of amides is 2. The highest BCUT2D eigenvalue weighted by atomic mass is 35.5. The summed E-state index contributed by atoms with van der Waals surface area (Å²) in [7, 11) is 0. The van der Waals surface area contributed by atoms with Crippen molar-refractivity contribution in [2.75, 3.05) is 18.4 Å². The zero-order valence-corrected chi connectivity index (χ0v) is 21.7. The van der Waals surface area contributed by atoms with E-state index in [1.807, 2.05) is 44.2 Å². The Morgan fingerprint density at radius 2 is 1.82 bits per heavy atom. The largest absolute Gasteiger partial charge is 0.329 e. The van der Waals surface area contributed by atoms with Gasteiger partial charge in [0, 0.05) is 23.0 Å². The Balaban J connectivity index is 1.87. The summed E-state index contributed by atoms with van der Waals surface area (Å²) in [6, 6.07) is 14.5. The van der Waals surface area contributed by atoms with Crippen LogP contribution in [0.5, 0.6) is 0 Å². The minimum Gasteiger partial charge on any atom is -0.329 e. The zero-order chi connectivity index (χ0) is 25.0. The first-order valence-corrected chi connectivity index (χ1v) is 12.0. The standard InChI is InChI=1S/C26H30Cl2N4O2/c1-6-12-31(25(34)20-11-10-18(27)14-21(20)28)16-24(33)29-23-15-22(26(3,4)5)30-32(23)19-9-7-8-17(2)13-19/h7-11,13-15H,6,12,16H2,1-5H3,(H,29,33). The average molecular weight is 501 g/mol. The molecule has 2 aromatic carbocycles. The fourth-order valence-corrected chi connectivity index (χ4v) is 3.99. The van der Waals surface area contributed by atoms with Gasteiger partial charge in [0.1, 0.15) is 12.4 Å². The number of hydrogen-bond acceptors (Lipinski definition) is 3. The van der Waals surface area contributed by atoms with Crippen molar-refractivity contribution < 1.29 is 9.59 Å². The van der Waals surface area contributed by atoms with Gasteiger partial charge in [0.15, 0.2) is 0 Å². The first-order valence-electron chi connectivity index (χ1n) is 11.2. The van der Waals surface area contributed by atoms with E-state index in [1.54, 1.807) is 16.8 Å². The molecule has 180 valence electrons. The molecule has 0 radical (unpaired) electrons. The molecule has 2 amide bonds. The molecule has 0 saturated heterocycles. The van der Waals surface area contributed by atoms with Crippen LogP contribution in [0.4, 0.5) is 5.82 Å². The molecule has 1 N–H and O–H groups in total. The minimum atomic E-state index is -0.318. The van der Waals surface area contributed by atoms with Gasteiger partial charge in [-0.3, -0.25) is 9.59 Å².